The van der Waals surface area contributed by atoms with E-state index in [0.717, 1.165) is 49.0 Å². The topological polar surface area (TPSA) is 53.7 Å². The monoisotopic (exact) mass is 369 g/mol. The smallest absolute Gasteiger partial charge is 0.272 e. The second-order valence-corrected chi connectivity index (χ2v) is 8.69. The summed E-state index contributed by atoms with van der Waals surface area (Å²) >= 11 is 0. The molecule has 2 aromatic heterocycles. The van der Waals surface area contributed by atoms with Crippen molar-refractivity contribution in [3.05, 3.63) is 29.2 Å². The van der Waals surface area contributed by atoms with Crippen molar-refractivity contribution in [2.45, 2.75) is 53.0 Å². The van der Waals surface area contributed by atoms with Gasteiger partial charge in [0.05, 0.1) is 5.69 Å². The molecule has 146 valence electrons. The fraction of sp³-hybridized carbons (Fsp3) is 0.667. The van der Waals surface area contributed by atoms with E-state index < -0.39 is 0 Å². The van der Waals surface area contributed by atoms with Gasteiger partial charge < -0.3 is 4.90 Å². The molecule has 4 rings (SSSR count). The van der Waals surface area contributed by atoms with Crippen molar-refractivity contribution in [3.63, 3.8) is 0 Å². The Morgan fingerprint density at radius 3 is 2.70 bits per heavy atom. The molecule has 1 aliphatic heterocycles. The molecule has 2 aliphatic rings. The number of fused-ring (bicyclic) bond motifs is 1. The fourth-order valence-electron chi connectivity index (χ4n) is 4.25. The summed E-state index contributed by atoms with van der Waals surface area (Å²) in [6.45, 7) is 12.4. The second kappa shape index (κ2) is 7.23. The van der Waals surface area contributed by atoms with Gasteiger partial charge in [0.1, 0.15) is 5.69 Å². The van der Waals surface area contributed by atoms with E-state index in [4.69, 9.17) is 0 Å². The van der Waals surface area contributed by atoms with E-state index in [1.54, 1.807) is 0 Å². The van der Waals surface area contributed by atoms with E-state index in [-0.39, 0.29) is 5.91 Å². The van der Waals surface area contributed by atoms with Gasteiger partial charge in [-0.2, -0.15) is 5.10 Å². The predicted molar refractivity (Wildman–Crippen MR) is 106 cm³/mol. The summed E-state index contributed by atoms with van der Waals surface area (Å²) in [6.07, 6.45) is 3.78. The van der Waals surface area contributed by atoms with Gasteiger partial charge in [0, 0.05) is 44.0 Å². The zero-order valence-electron chi connectivity index (χ0n) is 17.0. The largest absolute Gasteiger partial charge is 0.336 e. The minimum absolute atomic E-state index is 0.0541. The lowest BCUT2D eigenvalue weighted by molar-refractivity contribution is 0.0698. The third kappa shape index (κ3) is 3.86. The summed E-state index contributed by atoms with van der Waals surface area (Å²) in [5, 5.41) is 4.44. The van der Waals surface area contributed by atoms with Crippen molar-refractivity contribution in [2.75, 3.05) is 26.2 Å². The Kier molecular flexibility index (Phi) is 4.93. The molecule has 0 spiro atoms. The van der Waals surface area contributed by atoms with Crippen LogP contribution < -0.4 is 0 Å². The molecule has 0 aromatic carbocycles. The van der Waals surface area contributed by atoms with Crippen LogP contribution in [-0.2, 0) is 0 Å². The third-order valence-electron chi connectivity index (χ3n) is 5.94. The Labute approximate surface area is 161 Å². The maximum Gasteiger partial charge on any atom is 0.272 e. The number of carbonyl (C=O) groups is 1. The van der Waals surface area contributed by atoms with Crippen LogP contribution >= 0.6 is 0 Å². The summed E-state index contributed by atoms with van der Waals surface area (Å²) in [6, 6.07) is 4.23. The van der Waals surface area contributed by atoms with E-state index in [1.165, 1.54) is 19.4 Å². The first-order valence-corrected chi connectivity index (χ1v) is 10.3. The van der Waals surface area contributed by atoms with E-state index in [9.17, 15) is 4.79 Å². The van der Waals surface area contributed by atoms with Gasteiger partial charge in [0.2, 0.25) is 0 Å². The summed E-state index contributed by atoms with van der Waals surface area (Å²) < 4.78 is 1.81. The van der Waals surface area contributed by atoms with Gasteiger partial charge in [0.15, 0.2) is 5.65 Å². The highest BCUT2D eigenvalue weighted by molar-refractivity contribution is 5.93. The van der Waals surface area contributed by atoms with Crippen LogP contribution in [0.15, 0.2) is 12.1 Å². The number of hydrogen-bond acceptors (Lipinski definition) is 4. The predicted octanol–water partition coefficient (Wildman–Crippen LogP) is 2.93. The first-order valence-electron chi connectivity index (χ1n) is 10.3. The van der Waals surface area contributed by atoms with E-state index in [2.05, 4.69) is 28.8 Å². The van der Waals surface area contributed by atoms with Crippen LogP contribution in [0.25, 0.3) is 5.65 Å². The molecule has 6 nitrogen and oxygen atoms in total. The molecule has 1 saturated heterocycles. The van der Waals surface area contributed by atoms with Gasteiger partial charge >= 0.3 is 0 Å². The SMILES string of the molecule is Cc1cc2nc(C(=O)N3CCCN(CC4CC4)C(C(C)C)C3)cc(C)n2n1. The summed E-state index contributed by atoms with van der Waals surface area (Å²) in [7, 11) is 0. The van der Waals surface area contributed by atoms with Crippen LogP contribution in [0.4, 0.5) is 0 Å². The Balaban J connectivity index is 1.57. The van der Waals surface area contributed by atoms with Crippen LogP contribution in [0.5, 0.6) is 0 Å². The van der Waals surface area contributed by atoms with Crippen molar-refractivity contribution in [1.82, 2.24) is 24.4 Å². The molecule has 1 unspecified atom stereocenters. The fourth-order valence-corrected chi connectivity index (χ4v) is 4.25. The van der Waals surface area contributed by atoms with Crippen LogP contribution in [0.2, 0.25) is 0 Å². The van der Waals surface area contributed by atoms with Crippen molar-refractivity contribution < 1.29 is 4.79 Å². The first-order chi connectivity index (χ1) is 12.9. The molecular formula is C21H31N5O. The lowest BCUT2D eigenvalue weighted by atomic mass is 10.0. The average molecular weight is 370 g/mol. The molecule has 0 bridgehead atoms. The normalized spacial score (nSPS) is 21.8. The maximum atomic E-state index is 13.3. The Bertz CT molecular complexity index is 838. The number of nitrogens with zero attached hydrogens (tertiary/aromatic N) is 5. The van der Waals surface area contributed by atoms with Crippen LogP contribution in [0, 0.1) is 25.7 Å². The minimum atomic E-state index is 0.0541. The zero-order valence-corrected chi connectivity index (χ0v) is 17.0. The number of hydrogen-bond donors (Lipinski definition) is 0. The minimum Gasteiger partial charge on any atom is -0.336 e. The van der Waals surface area contributed by atoms with Crippen LogP contribution in [-0.4, -0.2) is 62.5 Å². The van der Waals surface area contributed by atoms with Crippen molar-refractivity contribution in [1.29, 1.82) is 0 Å². The van der Waals surface area contributed by atoms with Gasteiger partial charge in [-0.3, -0.25) is 9.69 Å². The standard InChI is InChI=1S/C21H31N5O/c1-14(2)19-13-25(9-5-8-24(19)12-17-6-7-17)21(27)18-11-16(4)26-20(22-18)10-15(3)23-26/h10-11,14,17,19H,5-9,12-13H2,1-4H3. The molecule has 1 aliphatic carbocycles. The zero-order chi connectivity index (χ0) is 19.1. The van der Waals surface area contributed by atoms with Crippen molar-refractivity contribution in [3.8, 4) is 0 Å². The molecule has 0 N–H and O–H groups in total. The second-order valence-electron chi connectivity index (χ2n) is 8.69. The van der Waals surface area contributed by atoms with Gasteiger partial charge in [0.25, 0.3) is 5.91 Å². The highest BCUT2D eigenvalue weighted by atomic mass is 16.2. The first kappa shape index (κ1) is 18.4. The van der Waals surface area contributed by atoms with Gasteiger partial charge in [-0.1, -0.05) is 13.8 Å². The summed E-state index contributed by atoms with van der Waals surface area (Å²) in [4.78, 5) is 22.5. The molecule has 3 heterocycles. The van der Waals surface area contributed by atoms with Gasteiger partial charge in [-0.05, 0) is 51.0 Å². The Hall–Kier alpha value is -1.95. The van der Waals surface area contributed by atoms with E-state index in [0.29, 0.717) is 17.7 Å². The van der Waals surface area contributed by atoms with Gasteiger partial charge in [-0.25, -0.2) is 9.50 Å². The van der Waals surface area contributed by atoms with Crippen molar-refractivity contribution >= 4 is 11.6 Å². The van der Waals surface area contributed by atoms with Crippen molar-refractivity contribution in [2.24, 2.45) is 11.8 Å². The average Bonchev–Trinajstić information content (AvgIpc) is 3.38. The summed E-state index contributed by atoms with van der Waals surface area (Å²) in [5.74, 6) is 1.47. The van der Waals surface area contributed by atoms with Crippen LogP contribution in [0.3, 0.4) is 0 Å². The maximum absolute atomic E-state index is 13.3. The number of rotatable bonds is 4. The highest BCUT2D eigenvalue weighted by Crippen LogP contribution is 2.32. The number of aryl methyl sites for hydroxylation is 2. The Morgan fingerprint density at radius 1 is 1.22 bits per heavy atom. The molecule has 1 amide bonds. The molecule has 2 fully saturated rings. The quantitative estimate of drug-likeness (QED) is 0.831. The molecule has 1 atom stereocenters. The Morgan fingerprint density at radius 2 is 2.00 bits per heavy atom. The van der Waals surface area contributed by atoms with Gasteiger partial charge in [-0.15, -0.1) is 0 Å². The van der Waals surface area contributed by atoms with Crippen LogP contribution in [0.1, 0.15) is 55.0 Å². The molecule has 27 heavy (non-hydrogen) atoms. The van der Waals surface area contributed by atoms with E-state index >= 15 is 0 Å². The molecular weight excluding hydrogens is 338 g/mol. The summed E-state index contributed by atoms with van der Waals surface area (Å²) in [5.41, 5.74) is 3.15. The molecule has 2 aromatic rings. The third-order valence-corrected chi connectivity index (χ3v) is 5.94. The molecule has 0 radical (unpaired) electrons. The molecule has 6 heteroatoms. The van der Waals surface area contributed by atoms with E-state index in [1.807, 2.05) is 35.4 Å². The highest BCUT2D eigenvalue weighted by Gasteiger charge is 2.33. The number of carbonyl (C=O) groups excluding carboxylic acids is 1. The number of aromatic nitrogens is 3. The number of amides is 1. The lowest BCUT2D eigenvalue weighted by Crippen LogP contribution is -2.46. The lowest BCUT2D eigenvalue weighted by Gasteiger charge is -2.34. The molecule has 1 saturated carbocycles.